The highest BCUT2D eigenvalue weighted by molar-refractivity contribution is 4.65. The molecule has 34 heavy (non-hydrogen) atoms. The summed E-state index contributed by atoms with van der Waals surface area (Å²) in [6.45, 7) is 20.1. The number of likely N-dealkylation sites (tertiary alicyclic amines) is 2. The zero-order chi connectivity index (χ0) is 25.8. The van der Waals surface area contributed by atoms with E-state index in [-0.39, 0.29) is 0 Å². The molecule has 4 aliphatic heterocycles. The van der Waals surface area contributed by atoms with Crippen LogP contribution in [0.2, 0.25) is 0 Å². The molecule has 0 spiro atoms. The first-order valence-electron chi connectivity index (χ1n) is 14.2. The van der Waals surface area contributed by atoms with Crippen molar-refractivity contribution in [2.45, 2.75) is 39.5 Å². The van der Waals surface area contributed by atoms with E-state index in [1.807, 2.05) is 0 Å². The van der Waals surface area contributed by atoms with Gasteiger partial charge in [0.25, 0.3) is 0 Å². The minimum absolute atomic E-state index is 0.978. The van der Waals surface area contributed by atoms with Gasteiger partial charge in [-0.25, -0.2) is 0 Å². The van der Waals surface area contributed by atoms with Crippen molar-refractivity contribution in [3.05, 3.63) is 0 Å². The van der Waals surface area contributed by atoms with Gasteiger partial charge in [0, 0.05) is 39.3 Å². The third kappa shape index (κ3) is 15.7. The van der Waals surface area contributed by atoms with Crippen molar-refractivity contribution < 1.29 is 8.97 Å². The normalized spacial score (nSPS) is 27.4. The molecule has 4 fully saturated rings. The first-order valence-corrected chi connectivity index (χ1v) is 14.2. The molecule has 6 nitrogen and oxygen atoms in total. The summed E-state index contributed by atoms with van der Waals surface area (Å²) in [5.41, 5.74) is 0. The van der Waals surface area contributed by atoms with Gasteiger partial charge in [0.05, 0.1) is 54.4 Å². The van der Waals surface area contributed by atoms with Crippen molar-refractivity contribution >= 4 is 0 Å². The number of nitrogens with zero attached hydrogens (tertiary/aromatic N) is 6. The Morgan fingerprint density at radius 3 is 1.03 bits per heavy atom. The molecule has 4 rings (SSSR count). The Kier molecular flexibility index (Phi) is 14.8. The van der Waals surface area contributed by atoms with E-state index in [4.69, 9.17) is 0 Å². The van der Waals surface area contributed by atoms with Gasteiger partial charge in [-0.15, -0.1) is 0 Å². The van der Waals surface area contributed by atoms with Crippen molar-refractivity contribution in [3.63, 3.8) is 0 Å². The summed E-state index contributed by atoms with van der Waals surface area (Å²) < 4.78 is 2.44. The molecule has 0 aromatic rings. The van der Waals surface area contributed by atoms with E-state index in [9.17, 15) is 0 Å². The van der Waals surface area contributed by atoms with Gasteiger partial charge in [0.15, 0.2) is 0 Å². The molecule has 4 heterocycles. The van der Waals surface area contributed by atoms with Crippen molar-refractivity contribution in [3.8, 4) is 0 Å². The smallest absolute Gasteiger partial charge is 0.0912 e. The van der Waals surface area contributed by atoms with Crippen LogP contribution in [0.25, 0.3) is 0 Å². The van der Waals surface area contributed by atoms with Gasteiger partial charge in [0.1, 0.15) is 0 Å². The lowest BCUT2D eigenvalue weighted by molar-refractivity contribution is -0.896. The van der Waals surface area contributed by atoms with Crippen LogP contribution in [0.5, 0.6) is 0 Å². The minimum atomic E-state index is 0.978. The van der Waals surface area contributed by atoms with Crippen LogP contribution in [0.3, 0.4) is 0 Å². The fourth-order valence-electron chi connectivity index (χ4n) is 4.55. The number of piperidine rings is 2. The second-order valence-electron chi connectivity index (χ2n) is 13.3. The lowest BCUT2D eigenvalue weighted by Gasteiger charge is -2.37. The van der Waals surface area contributed by atoms with Crippen molar-refractivity contribution in [2.24, 2.45) is 11.8 Å². The fourth-order valence-corrected chi connectivity index (χ4v) is 4.55. The van der Waals surface area contributed by atoms with Crippen LogP contribution in [-0.4, -0.2) is 163 Å². The Hall–Kier alpha value is -0.240. The number of hydrogen-bond acceptors (Lipinski definition) is 4. The van der Waals surface area contributed by atoms with Crippen LogP contribution in [0.1, 0.15) is 39.5 Å². The number of quaternary nitrogens is 2. The van der Waals surface area contributed by atoms with Crippen LogP contribution in [0.15, 0.2) is 0 Å². The first kappa shape index (κ1) is 31.8. The lowest BCUT2D eigenvalue weighted by atomic mass is 9.98. The molecule has 0 radical (unpaired) electrons. The SMILES string of the molecule is CC1CCN(C)CC1.CC1CC[N+](C)(C)CC1.CN1CCN(C)CC1.CN1CC[N+](C)(C)CC1. The van der Waals surface area contributed by atoms with Crippen LogP contribution in [0, 0.1) is 11.8 Å². The van der Waals surface area contributed by atoms with Crippen LogP contribution in [-0.2, 0) is 0 Å². The maximum atomic E-state index is 2.40. The summed E-state index contributed by atoms with van der Waals surface area (Å²) in [7, 11) is 18.0. The highest BCUT2D eigenvalue weighted by Crippen LogP contribution is 2.18. The predicted molar refractivity (Wildman–Crippen MR) is 150 cm³/mol. The molecule has 4 saturated heterocycles. The molecule has 0 saturated carbocycles. The van der Waals surface area contributed by atoms with Crippen molar-refractivity contribution in [2.75, 3.05) is 135 Å². The molecule has 0 aliphatic carbocycles. The summed E-state index contributed by atoms with van der Waals surface area (Å²) >= 11 is 0. The van der Waals surface area contributed by atoms with Gasteiger partial charge >= 0.3 is 0 Å². The van der Waals surface area contributed by atoms with E-state index in [1.165, 1.54) is 113 Å². The maximum Gasteiger partial charge on any atom is 0.0912 e. The Labute approximate surface area is 215 Å². The largest absolute Gasteiger partial charge is 0.328 e. The maximum absolute atomic E-state index is 2.40. The van der Waals surface area contributed by atoms with E-state index in [2.05, 4.69) is 89.8 Å². The third-order valence-electron chi connectivity index (χ3n) is 8.36. The molecular formula is C28H64N6+2. The van der Waals surface area contributed by atoms with Crippen LogP contribution in [0.4, 0.5) is 0 Å². The van der Waals surface area contributed by atoms with Crippen LogP contribution < -0.4 is 0 Å². The molecular weight excluding hydrogens is 420 g/mol. The number of piperazine rings is 2. The summed E-state index contributed by atoms with van der Waals surface area (Å²) in [6, 6.07) is 0. The topological polar surface area (TPSA) is 13.0 Å². The van der Waals surface area contributed by atoms with Gasteiger partial charge in [-0.05, 0) is 78.8 Å². The molecule has 0 amide bonds. The third-order valence-corrected chi connectivity index (χ3v) is 8.36. The molecule has 0 aromatic carbocycles. The van der Waals surface area contributed by atoms with Gasteiger partial charge in [-0.3, -0.25) is 4.90 Å². The molecule has 0 N–H and O–H groups in total. The van der Waals surface area contributed by atoms with Crippen molar-refractivity contribution in [1.82, 2.24) is 19.6 Å². The van der Waals surface area contributed by atoms with Gasteiger partial charge in [-0.2, -0.15) is 0 Å². The highest BCUT2D eigenvalue weighted by Gasteiger charge is 2.23. The Morgan fingerprint density at radius 1 is 0.412 bits per heavy atom. The Morgan fingerprint density at radius 2 is 0.706 bits per heavy atom. The zero-order valence-corrected chi connectivity index (χ0v) is 25.2. The van der Waals surface area contributed by atoms with Gasteiger partial charge < -0.3 is 23.7 Å². The monoisotopic (exact) mass is 485 g/mol. The summed E-state index contributed by atoms with van der Waals surface area (Å²) in [4.78, 5) is 9.52. The zero-order valence-electron chi connectivity index (χ0n) is 25.2. The molecule has 0 atom stereocenters. The fraction of sp³-hybridized carbons (Fsp3) is 1.00. The number of hydrogen-bond donors (Lipinski definition) is 0. The predicted octanol–water partition coefficient (Wildman–Crippen LogP) is 2.71. The summed E-state index contributed by atoms with van der Waals surface area (Å²) in [5.74, 6) is 1.96. The second kappa shape index (κ2) is 15.8. The number of likely N-dealkylation sites (N-methyl/N-ethyl adjacent to an activating group) is 4. The molecule has 6 heteroatoms. The summed E-state index contributed by atoms with van der Waals surface area (Å²) in [5, 5.41) is 0. The quantitative estimate of drug-likeness (QED) is 0.490. The first-order chi connectivity index (χ1) is 15.8. The Balaban J connectivity index is 0.000000227. The lowest BCUT2D eigenvalue weighted by Crippen LogP contribution is -2.53. The molecule has 4 aliphatic rings. The van der Waals surface area contributed by atoms with E-state index in [0.29, 0.717) is 0 Å². The number of rotatable bonds is 0. The van der Waals surface area contributed by atoms with Crippen LogP contribution >= 0.6 is 0 Å². The average Bonchev–Trinajstić information content (AvgIpc) is 2.78. The highest BCUT2D eigenvalue weighted by atomic mass is 15.4. The van der Waals surface area contributed by atoms with E-state index in [0.717, 1.165) is 11.8 Å². The molecule has 0 bridgehead atoms. The van der Waals surface area contributed by atoms with Gasteiger partial charge in [-0.1, -0.05) is 13.8 Å². The summed E-state index contributed by atoms with van der Waals surface area (Å²) in [6.07, 6.45) is 5.65. The molecule has 204 valence electrons. The van der Waals surface area contributed by atoms with E-state index < -0.39 is 0 Å². The standard InChI is InChI=1S/C8H18N.C7H17N2.C7H15N.C6H14N2/c2*1-8-4-6-9(2,3)7-5-8;2*1-7-3-5-8(2)6-4-7/h8H,4-7H2,1-3H3;4-7H2,1-3H3;7H,3-6H2,1-2H3;3-6H2,1-2H3/q2*+1;;. The van der Waals surface area contributed by atoms with Crippen molar-refractivity contribution in [1.29, 1.82) is 0 Å². The molecule has 0 unspecified atom stereocenters. The minimum Gasteiger partial charge on any atom is -0.328 e. The van der Waals surface area contributed by atoms with E-state index in [1.54, 1.807) is 0 Å². The Bertz CT molecular complexity index is 421. The second-order valence-corrected chi connectivity index (χ2v) is 13.3. The van der Waals surface area contributed by atoms with Gasteiger partial charge in [0.2, 0.25) is 0 Å². The van der Waals surface area contributed by atoms with E-state index >= 15 is 0 Å². The molecule has 0 aromatic heterocycles. The average molecular weight is 485 g/mol.